The molecule has 0 saturated carbocycles. The second-order valence-electron chi connectivity index (χ2n) is 8.57. The molecule has 1 aromatic carbocycles. The van der Waals surface area contributed by atoms with E-state index in [9.17, 15) is 18.0 Å². The molecule has 5 rings (SSSR count). The van der Waals surface area contributed by atoms with Gasteiger partial charge >= 0.3 is 0 Å². The first-order chi connectivity index (χ1) is 15.6. The number of rotatable bonds is 2. The van der Waals surface area contributed by atoms with Crippen LogP contribution < -0.4 is 16.5 Å². The second kappa shape index (κ2) is 7.38. The number of pyridine rings is 2. The fourth-order valence-corrected chi connectivity index (χ4v) is 6.25. The normalized spacial score (nSPS) is 17.2. The van der Waals surface area contributed by atoms with E-state index < -0.39 is 15.9 Å². The van der Waals surface area contributed by atoms with Crippen LogP contribution in [0.3, 0.4) is 0 Å². The fourth-order valence-electron chi connectivity index (χ4n) is 4.59. The van der Waals surface area contributed by atoms with Crippen molar-refractivity contribution in [3.05, 3.63) is 75.5 Å². The Hall–Kier alpha value is -3.26. The molecule has 1 atom stereocenters. The molecule has 0 aliphatic carbocycles. The van der Waals surface area contributed by atoms with E-state index >= 15 is 0 Å². The minimum atomic E-state index is -3.56. The summed E-state index contributed by atoms with van der Waals surface area (Å²) in [5.74, 6) is -0.912. The van der Waals surface area contributed by atoms with Gasteiger partial charge in [-0.25, -0.2) is 8.42 Å². The SMILES string of the molecule is [B]c1cc2c3c([nH]c(=O)c2cc1C)CS(=O)(=O)CC3N(C)C(=O)c1cc2c([B])cccn2c1. The number of aryl methyl sites for hydroxylation is 1. The van der Waals surface area contributed by atoms with Gasteiger partial charge in [0.25, 0.3) is 11.5 Å². The van der Waals surface area contributed by atoms with Crippen molar-refractivity contribution in [1.82, 2.24) is 14.3 Å². The van der Waals surface area contributed by atoms with E-state index in [4.69, 9.17) is 15.7 Å². The molecular weight excluding hydrogens is 436 g/mol. The van der Waals surface area contributed by atoms with Crippen LogP contribution in [0.25, 0.3) is 16.3 Å². The lowest BCUT2D eigenvalue weighted by molar-refractivity contribution is 0.0744. The summed E-state index contributed by atoms with van der Waals surface area (Å²) < 4.78 is 27.2. The van der Waals surface area contributed by atoms with Crippen LogP contribution in [0.1, 0.15) is 33.2 Å². The van der Waals surface area contributed by atoms with Gasteiger partial charge in [0.2, 0.25) is 0 Å². The molecule has 0 bridgehead atoms. The number of nitrogens with one attached hydrogen (secondary N) is 1. The van der Waals surface area contributed by atoms with Gasteiger partial charge in [0.05, 0.1) is 23.1 Å². The Kier molecular flexibility index (Phi) is 4.83. The van der Waals surface area contributed by atoms with Crippen molar-refractivity contribution >= 4 is 58.7 Å². The smallest absolute Gasteiger partial charge is 0.256 e. The van der Waals surface area contributed by atoms with Crippen molar-refractivity contribution in [3.63, 3.8) is 0 Å². The number of benzene rings is 1. The van der Waals surface area contributed by atoms with E-state index in [-0.39, 0.29) is 28.7 Å². The molecule has 4 aromatic rings. The maximum atomic E-state index is 13.5. The van der Waals surface area contributed by atoms with E-state index in [2.05, 4.69) is 4.98 Å². The molecule has 1 amide bonds. The highest BCUT2D eigenvalue weighted by Gasteiger charge is 2.37. The van der Waals surface area contributed by atoms with Gasteiger partial charge in [-0.1, -0.05) is 28.6 Å². The third-order valence-electron chi connectivity index (χ3n) is 6.34. The highest BCUT2D eigenvalue weighted by molar-refractivity contribution is 7.90. The molecule has 1 aliphatic rings. The lowest BCUT2D eigenvalue weighted by atomic mass is 9.86. The van der Waals surface area contributed by atoms with Gasteiger partial charge in [0.1, 0.15) is 15.7 Å². The number of nitrogens with zero attached hydrogens (tertiary/aromatic N) is 2. The van der Waals surface area contributed by atoms with Crippen molar-refractivity contribution in [2.45, 2.75) is 18.7 Å². The average Bonchev–Trinajstić information content (AvgIpc) is 3.18. The van der Waals surface area contributed by atoms with E-state index in [1.807, 2.05) is 0 Å². The molecule has 0 spiro atoms. The third kappa shape index (κ3) is 3.49. The Labute approximate surface area is 193 Å². The minimum absolute atomic E-state index is 0.257. The number of aromatic amines is 1. The molecule has 4 radical (unpaired) electrons. The predicted molar refractivity (Wildman–Crippen MR) is 130 cm³/mol. The van der Waals surface area contributed by atoms with Crippen molar-refractivity contribution < 1.29 is 13.2 Å². The highest BCUT2D eigenvalue weighted by Crippen LogP contribution is 2.35. The van der Waals surface area contributed by atoms with Crippen LogP contribution in [0.4, 0.5) is 0 Å². The number of carbonyl (C=O) groups excluding carboxylic acids is 1. The summed E-state index contributed by atoms with van der Waals surface area (Å²) in [5, 5.41) is 0.968. The number of amides is 1. The van der Waals surface area contributed by atoms with E-state index in [0.717, 1.165) is 5.56 Å². The summed E-state index contributed by atoms with van der Waals surface area (Å²) in [7, 11) is 10.2. The Morgan fingerprint density at radius 3 is 2.67 bits per heavy atom. The zero-order chi connectivity index (χ0) is 23.7. The number of sulfone groups is 1. The zero-order valence-corrected chi connectivity index (χ0v) is 18.9. The van der Waals surface area contributed by atoms with Gasteiger partial charge in [-0.3, -0.25) is 9.59 Å². The number of carbonyl (C=O) groups is 1. The van der Waals surface area contributed by atoms with Crippen molar-refractivity contribution in [3.8, 4) is 0 Å². The van der Waals surface area contributed by atoms with E-state index in [1.54, 1.807) is 61.1 Å². The van der Waals surface area contributed by atoms with E-state index in [1.165, 1.54) is 4.90 Å². The Morgan fingerprint density at radius 1 is 1.18 bits per heavy atom. The summed E-state index contributed by atoms with van der Waals surface area (Å²) in [4.78, 5) is 30.3. The molecule has 1 N–H and O–H groups in total. The Balaban J connectivity index is 1.69. The second-order valence-corrected chi connectivity index (χ2v) is 10.7. The summed E-state index contributed by atoms with van der Waals surface area (Å²) in [6.45, 7) is 1.80. The molecule has 162 valence electrons. The standard InChI is InChI=1S/C23H19B2N3O4S/c1-12-6-15-14(8-17(12)25)21-18(26-22(15)29)10-33(31,32)11-20(21)27(2)23(30)13-7-19-16(24)4-3-5-28(19)9-13/h3-9,20H,10-11H2,1-2H3,(H,26,29). The molecule has 1 aliphatic heterocycles. The van der Waals surface area contributed by atoms with Gasteiger partial charge in [-0.15, -0.1) is 0 Å². The predicted octanol–water partition coefficient (Wildman–Crippen LogP) is 0.419. The van der Waals surface area contributed by atoms with E-state index in [0.29, 0.717) is 38.3 Å². The highest BCUT2D eigenvalue weighted by atomic mass is 32.2. The Bertz CT molecular complexity index is 1640. The number of H-pyrrole nitrogens is 1. The molecule has 1 unspecified atom stereocenters. The number of aromatic nitrogens is 2. The van der Waals surface area contributed by atoms with Crippen LogP contribution in [0.5, 0.6) is 0 Å². The van der Waals surface area contributed by atoms with Crippen LogP contribution in [-0.4, -0.2) is 57.1 Å². The summed E-state index contributed by atoms with van der Waals surface area (Å²) in [6, 6.07) is 7.78. The van der Waals surface area contributed by atoms with Gasteiger partial charge < -0.3 is 14.3 Å². The van der Waals surface area contributed by atoms with Gasteiger partial charge in [0, 0.05) is 41.6 Å². The molecule has 10 heteroatoms. The topological polar surface area (TPSA) is 91.7 Å². The molecule has 7 nitrogen and oxygen atoms in total. The lowest BCUT2D eigenvalue weighted by Gasteiger charge is -2.33. The van der Waals surface area contributed by atoms with Crippen molar-refractivity contribution in [1.29, 1.82) is 0 Å². The van der Waals surface area contributed by atoms with Gasteiger partial charge in [-0.2, -0.15) is 0 Å². The first-order valence-electron chi connectivity index (χ1n) is 10.3. The van der Waals surface area contributed by atoms with Crippen LogP contribution in [0.2, 0.25) is 0 Å². The van der Waals surface area contributed by atoms with Crippen molar-refractivity contribution in [2.75, 3.05) is 12.8 Å². The maximum Gasteiger partial charge on any atom is 0.256 e. The zero-order valence-electron chi connectivity index (χ0n) is 18.1. The quantitative estimate of drug-likeness (QED) is 0.444. The maximum absolute atomic E-state index is 13.5. The van der Waals surface area contributed by atoms with Crippen LogP contribution in [-0.2, 0) is 15.6 Å². The molecule has 0 fully saturated rings. The minimum Gasteiger partial charge on any atom is -0.333 e. The van der Waals surface area contributed by atoms with Gasteiger partial charge in [-0.05, 0) is 30.5 Å². The number of hydrogen-bond donors (Lipinski definition) is 1. The summed E-state index contributed by atoms with van der Waals surface area (Å²) in [5.41, 5.74) is 3.34. The molecule has 4 heterocycles. The van der Waals surface area contributed by atoms with Crippen LogP contribution in [0.15, 0.2) is 47.5 Å². The summed E-state index contributed by atoms with van der Waals surface area (Å²) >= 11 is 0. The lowest BCUT2D eigenvalue weighted by Crippen LogP contribution is -2.40. The summed E-state index contributed by atoms with van der Waals surface area (Å²) in [6.07, 6.45) is 3.45. The number of fused-ring (bicyclic) bond motifs is 4. The largest absolute Gasteiger partial charge is 0.333 e. The van der Waals surface area contributed by atoms with Crippen molar-refractivity contribution in [2.24, 2.45) is 0 Å². The molecule has 3 aromatic heterocycles. The first-order valence-corrected chi connectivity index (χ1v) is 12.2. The third-order valence-corrected chi connectivity index (χ3v) is 7.89. The van der Waals surface area contributed by atoms with Gasteiger partial charge in [0.15, 0.2) is 9.84 Å². The fraction of sp³-hybridized carbons (Fsp3) is 0.217. The molecule has 33 heavy (non-hydrogen) atoms. The average molecular weight is 455 g/mol. The molecular formula is C23H19B2N3O4S. The monoisotopic (exact) mass is 455 g/mol. The van der Waals surface area contributed by atoms with Crippen LogP contribution >= 0.6 is 0 Å². The van der Waals surface area contributed by atoms with Crippen LogP contribution in [0, 0.1) is 6.92 Å². The first kappa shape index (κ1) is 21.6. The molecule has 0 saturated heterocycles. The Morgan fingerprint density at radius 2 is 1.94 bits per heavy atom. The number of hydrogen-bond acceptors (Lipinski definition) is 4.